The molecule has 1 aliphatic rings. The fraction of sp³-hybridized carbons (Fsp3) is 0.600. The van der Waals surface area contributed by atoms with Crippen molar-refractivity contribution in [1.29, 1.82) is 0 Å². The minimum Gasteiger partial charge on any atom is -0.481 e. The highest BCUT2D eigenvalue weighted by Gasteiger charge is 2.32. The zero-order valence-electron chi connectivity index (χ0n) is 13.4. The molecular formula is C15H22N6O2. The Kier molecular flexibility index (Phi) is 4.42. The Bertz CT molecular complexity index is 700. The maximum Gasteiger partial charge on any atom is 0.303 e. The number of carboxylic acid groups (broad SMARTS) is 1. The fourth-order valence-corrected chi connectivity index (χ4v) is 3.59. The predicted octanol–water partition coefficient (Wildman–Crippen LogP) is 1.27. The number of likely N-dealkylation sites (N-methyl/N-ethyl adjacent to an activating group) is 1. The molecular weight excluding hydrogens is 296 g/mol. The number of hydrogen-bond acceptors (Lipinski definition) is 6. The average Bonchev–Trinajstić information content (AvgIpc) is 2.98. The Labute approximate surface area is 134 Å². The van der Waals surface area contributed by atoms with Gasteiger partial charge in [-0.25, -0.2) is 15.0 Å². The lowest BCUT2D eigenvalue weighted by Crippen LogP contribution is -2.40. The smallest absolute Gasteiger partial charge is 0.303 e. The molecule has 2 aromatic heterocycles. The topological polar surface area (TPSA) is 105 Å². The second kappa shape index (κ2) is 6.49. The fourth-order valence-electron chi connectivity index (χ4n) is 3.59. The molecule has 8 nitrogen and oxygen atoms in total. The molecule has 0 saturated heterocycles. The molecule has 0 spiro atoms. The zero-order valence-corrected chi connectivity index (χ0v) is 13.4. The van der Waals surface area contributed by atoms with Gasteiger partial charge in [-0.2, -0.15) is 0 Å². The number of nitrogens with one attached hydrogen (secondary N) is 2. The zero-order chi connectivity index (χ0) is 16.4. The van der Waals surface area contributed by atoms with E-state index in [9.17, 15) is 4.79 Å². The van der Waals surface area contributed by atoms with Crippen LogP contribution < -0.4 is 10.6 Å². The average molecular weight is 318 g/mol. The van der Waals surface area contributed by atoms with Crippen molar-refractivity contribution >= 4 is 23.0 Å². The van der Waals surface area contributed by atoms with Crippen molar-refractivity contribution < 1.29 is 9.90 Å². The molecule has 3 rings (SSSR count). The molecule has 124 valence electrons. The number of carboxylic acids is 1. The third-order valence-electron chi connectivity index (χ3n) is 4.71. The molecule has 8 heteroatoms. The van der Waals surface area contributed by atoms with E-state index in [4.69, 9.17) is 5.11 Å². The Balaban J connectivity index is 1.88. The number of anilines is 1. The molecule has 0 aliphatic heterocycles. The molecule has 1 saturated carbocycles. The molecule has 1 aliphatic carbocycles. The Hall–Kier alpha value is -2.22. The first kappa shape index (κ1) is 15.7. The number of imidazole rings is 1. The van der Waals surface area contributed by atoms with E-state index in [0.717, 1.165) is 30.4 Å². The van der Waals surface area contributed by atoms with Crippen LogP contribution in [0.15, 0.2) is 12.7 Å². The van der Waals surface area contributed by atoms with Gasteiger partial charge in [0, 0.05) is 19.5 Å². The number of aromatic nitrogens is 4. The largest absolute Gasteiger partial charge is 0.481 e. The molecule has 0 bridgehead atoms. The summed E-state index contributed by atoms with van der Waals surface area (Å²) in [5.74, 6) is 0.218. The van der Waals surface area contributed by atoms with Crippen molar-refractivity contribution in [1.82, 2.24) is 24.8 Å². The van der Waals surface area contributed by atoms with Crippen LogP contribution in [-0.4, -0.2) is 50.7 Å². The summed E-state index contributed by atoms with van der Waals surface area (Å²) in [5.41, 5.74) is 1.57. The number of rotatable bonds is 5. The monoisotopic (exact) mass is 318 g/mol. The molecule has 0 radical (unpaired) electrons. The Morgan fingerprint density at radius 1 is 1.35 bits per heavy atom. The third kappa shape index (κ3) is 2.98. The Morgan fingerprint density at radius 2 is 2.17 bits per heavy atom. The molecule has 2 aromatic rings. The lowest BCUT2D eigenvalue weighted by atomic mass is 9.80. The van der Waals surface area contributed by atoms with Crippen molar-refractivity contribution in [3.8, 4) is 0 Å². The maximum absolute atomic E-state index is 11.0. The first-order valence-corrected chi connectivity index (χ1v) is 7.88. The Morgan fingerprint density at radius 3 is 2.87 bits per heavy atom. The molecule has 2 heterocycles. The van der Waals surface area contributed by atoms with Crippen LogP contribution in [0.4, 0.5) is 5.82 Å². The van der Waals surface area contributed by atoms with Gasteiger partial charge in [0.2, 0.25) is 0 Å². The van der Waals surface area contributed by atoms with Gasteiger partial charge < -0.3 is 20.3 Å². The van der Waals surface area contributed by atoms with Crippen LogP contribution in [0.2, 0.25) is 0 Å². The summed E-state index contributed by atoms with van der Waals surface area (Å²) in [6, 6.07) is 0.424. The van der Waals surface area contributed by atoms with Crippen LogP contribution >= 0.6 is 0 Å². The number of aliphatic carboxylic acids is 1. The van der Waals surface area contributed by atoms with Crippen LogP contribution in [0, 0.1) is 5.92 Å². The summed E-state index contributed by atoms with van der Waals surface area (Å²) in [7, 11) is 3.74. The molecule has 23 heavy (non-hydrogen) atoms. The summed E-state index contributed by atoms with van der Waals surface area (Å²) >= 11 is 0. The van der Waals surface area contributed by atoms with Gasteiger partial charge in [-0.15, -0.1) is 0 Å². The van der Waals surface area contributed by atoms with Crippen LogP contribution in [0.1, 0.15) is 31.7 Å². The van der Waals surface area contributed by atoms with E-state index in [0.29, 0.717) is 5.82 Å². The number of hydrogen-bond donors (Lipinski definition) is 3. The number of nitrogens with zero attached hydrogens (tertiary/aromatic N) is 4. The maximum atomic E-state index is 11.0. The van der Waals surface area contributed by atoms with Gasteiger partial charge in [0.1, 0.15) is 11.8 Å². The van der Waals surface area contributed by atoms with Gasteiger partial charge >= 0.3 is 5.97 Å². The third-order valence-corrected chi connectivity index (χ3v) is 4.71. The van der Waals surface area contributed by atoms with Gasteiger partial charge in [0.15, 0.2) is 11.5 Å². The summed E-state index contributed by atoms with van der Waals surface area (Å²) in [5, 5.41) is 15.4. The van der Waals surface area contributed by atoms with Gasteiger partial charge in [-0.1, -0.05) is 0 Å². The van der Waals surface area contributed by atoms with Crippen LogP contribution in [0.5, 0.6) is 0 Å². The summed E-state index contributed by atoms with van der Waals surface area (Å²) in [6.07, 6.45) is 6.24. The van der Waals surface area contributed by atoms with Crippen molar-refractivity contribution in [3.63, 3.8) is 0 Å². The second-order valence-electron chi connectivity index (χ2n) is 6.04. The van der Waals surface area contributed by atoms with E-state index >= 15 is 0 Å². The standard InChI is InChI=1S/C15H22N6O2/c1-16-10-5-9(6-12(22)23)3-4-11(10)21-8-20-13-14(17-2)18-7-19-15(13)21/h7-11,16H,3-6H2,1-2H3,(H,22,23)(H,17,18,19)/t9-,10+,11+/m1/s1. The summed E-state index contributed by atoms with van der Waals surface area (Å²) in [6.45, 7) is 0. The van der Waals surface area contributed by atoms with Gasteiger partial charge in [-0.3, -0.25) is 4.79 Å². The van der Waals surface area contributed by atoms with E-state index < -0.39 is 5.97 Å². The van der Waals surface area contributed by atoms with Crippen molar-refractivity contribution in [3.05, 3.63) is 12.7 Å². The van der Waals surface area contributed by atoms with E-state index in [-0.39, 0.29) is 24.4 Å². The van der Waals surface area contributed by atoms with Crippen molar-refractivity contribution in [2.75, 3.05) is 19.4 Å². The molecule has 0 amide bonds. The van der Waals surface area contributed by atoms with Gasteiger partial charge in [0.25, 0.3) is 0 Å². The number of fused-ring (bicyclic) bond motifs is 1. The van der Waals surface area contributed by atoms with E-state index in [1.807, 2.05) is 20.4 Å². The van der Waals surface area contributed by atoms with E-state index in [1.54, 1.807) is 0 Å². The normalized spacial score (nSPS) is 24.7. The second-order valence-corrected chi connectivity index (χ2v) is 6.04. The summed E-state index contributed by atoms with van der Waals surface area (Å²) < 4.78 is 2.09. The lowest BCUT2D eigenvalue weighted by molar-refractivity contribution is -0.138. The van der Waals surface area contributed by atoms with Crippen LogP contribution in [0.25, 0.3) is 11.2 Å². The molecule has 3 N–H and O–H groups in total. The predicted molar refractivity (Wildman–Crippen MR) is 86.3 cm³/mol. The van der Waals surface area contributed by atoms with Gasteiger partial charge in [0.05, 0.1) is 12.4 Å². The van der Waals surface area contributed by atoms with Crippen molar-refractivity contribution in [2.24, 2.45) is 5.92 Å². The van der Waals surface area contributed by atoms with Crippen LogP contribution in [-0.2, 0) is 4.79 Å². The molecule has 3 atom stereocenters. The quantitative estimate of drug-likeness (QED) is 0.762. The minimum absolute atomic E-state index is 0.207. The highest BCUT2D eigenvalue weighted by atomic mass is 16.4. The lowest BCUT2D eigenvalue weighted by Gasteiger charge is -2.36. The highest BCUT2D eigenvalue weighted by molar-refractivity contribution is 5.82. The summed E-state index contributed by atoms with van der Waals surface area (Å²) in [4.78, 5) is 24.0. The van der Waals surface area contributed by atoms with Crippen LogP contribution in [0.3, 0.4) is 0 Å². The highest BCUT2D eigenvalue weighted by Crippen LogP contribution is 2.35. The number of carbonyl (C=O) groups is 1. The first-order chi connectivity index (χ1) is 11.1. The minimum atomic E-state index is -0.720. The van der Waals surface area contributed by atoms with Gasteiger partial charge in [-0.05, 0) is 32.2 Å². The molecule has 1 fully saturated rings. The molecule has 0 aromatic carbocycles. The SMILES string of the molecule is CNc1ncnc2c1ncn2[C@H]1CC[C@@H](CC(=O)O)C[C@@H]1NC. The molecule has 0 unspecified atom stereocenters. The first-order valence-electron chi connectivity index (χ1n) is 7.88. The van der Waals surface area contributed by atoms with E-state index in [1.165, 1.54) is 6.33 Å². The van der Waals surface area contributed by atoms with E-state index in [2.05, 4.69) is 30.2 Å². The van der Waals surface area contributed by atoms with Crippen molar-refractivity contribution in [2.45, 2.75) is 37.8 Å².